The lowest BCUT2D eigenvalue weighted by molar-refractivity contribution is -0.0609. The summed E-state index contributed by atoms with van der Waals surface area (Å²) in [7, 11) is 0. The fraction of sp³-hybridized carbons (Fsp3) is 1.00. The number of ether oxygens (including phenoxy) is 2. The van der Waals surface area contributed by atoms with Crippen LogP contribution >= 0.6 is 0 Å². The van der Waals surface area contributed by atoms with E-state index in [4.69, 9.17) is 9.47 Å². The minimum atomic E-state index is 0.369. The predicted octanol–water partition coefficient (Wildman–Crippen LogP) is 2.20. The van der Waals surface area contributed by atoms with Gasteiger partial charge in [0.25, 0.3) is 0 Å². The molecular formula is C15H25NO2. The van der Waals surface area contributed by atoms with E-state index in [0.717, 1.165) is 31.7 Å². The van der Waals surface area contributed by atoms with Gasteiger partial charge in [-0.3, -0.25) is 4.90 Å². The van der Waals surface area contributed by atoms with Crippen LogP contribution in [0.25, 0.3) is 0 Å². The Morgan fingerprint density at radius 1 is 1.06 bits per heavy atom. The lowest BCUT2D eigenvalue weighted by Gasteiger charge is -2.42. The zero-order chi connectivity index (χ0) is 11.9. The van der Waals surface area contributed by atoms with Crippen LogP contribution in [0.15, 0.2) is 0 Å². The highest BCUT2D eigenvalue weighted by atomic mass is 16.5. The molecule has 3 nitrogen and oxygen atoms in total. The van der Waals surface area contributed by atoms with Gasteiger partial charge in [-0.05, 0) is 44.4 Å². The van der Waals surface area contributed by atoms with Crippen LogP contribution in [0.1, 0.15) is 44.9 Å². The van der Waals surface area contributed by atoms with E-state index >= 15 is 0 Å². The first-order chi connectivity index (χ1) is 8.92. The molecule has 0 aromatic carbocycles. The maximum absolute atomic E-state index is 6.26. The van der Waals surface area contributed by atoms with Crippen LogP contribution < -0.4 is 0 Å². The average Bonchev–Trinajstić information content (AvgIpc) is 3.03. The number of fused-ring (bicyclic) bond motifs is 2. The molecule has 18 heavy (non-hydrogen) atoms. The molecule has 1 heterocycles. The Hall–Kier alpha value is -0.120. The summed E-state index contributed by atoms with van der Waals surface area (Å²) in [5.41, 5.74) is 0. The molecule has 4 aliphatic rings. The second-order valence-electron chi connectivity index (χ2n) is 6.62. The Kier molecular flexibility index (Phi) is 3.10. The molecule has 0 amide bonds. The molecule has 2 bridgehead atoms. The molecule has 102 valence electrons. The van der Waals surface area contributed by atoms with E-state index < -0.39 is 0 Å². The van der Waals surface area contributed by atoms with Gasteiger partial charge in [0.15, 0.2) is 0 Å². The fourth-order valence-corrected chi connectivity index (χ4v) is 3.84. The maximum atomic E-state index is 6.26. The molecule has 4 rings (SSSR count). The van der Waals surface area contributed by atoms with Crippen molar-refractivity contribution in [2.45, 2.75) is 69.2 Å². The normalized spacial score (nSPS) is 41.7. The topological polar surface area (TPSA) is 21.7 Å². The van der Waals surface area contributed by atoms with Crippen molar-refractivity contribution >= 4 is 0 Å². The Balaban J connectivity index is 1.45. The standard InChI is InChI=1S/C15H25NO2/c1-2-12(3-1)16-8-9-17-14-7-6-13(16)15(14)18-10-11-4-5-11/h11-15H,1-10H2/t13-,14-,15-/m0/s1. The molecule has 3 heteroatoms. The SMILES string of the molecule is C1CC(N2CCO[C@H]3CC[C@H]2[C@@H]3OCC2CC2)C1. The molecule has 4 fully saturated rings. The molecule has 0 aromatic rings. The first-order valence-corrected chi connectivity index (χ1v) is 7.91. The number of rotatable bonds is 4. The van der Waals surface area contributed by atoms with E-state index in [2.05, 4.69) is 4.90 Å². The largest absolute Gasteiger partial charge is 0.374 e. The van der Waals surface area contributed by atoms with Gasteiger partial charge in [0.2, 0.25) is 0 Å². The van der Waals surface area contributed by atoms with Crippen molar-refractivity contribution in [2.75, 3.05) is 19.8 Å². The van der Waals surface area contributed by atoms with Gasteiger partial charge in [-0.2, -0.15) is 0 Å². The van der Waals surface area contributed by atoms with Crippen LogP contribution in [-0.2, 0) is 9.47 Å². The summed E-state index contributed by atoms with van der Waals surface area (Å²) in [5.74, 6) is 0.866. The molecule has 3 saturated carbocycles. The highest BCUT2D eigenvalue weighted by molar-refractivity contribution is 4.99. The minimum absolute atomic E-state index is 0.369. The summed E-state index contributed by atoms with van der Waals surface area (Å²) in [6.07, 6.45) is 10.2. The van der Waals surface area contributed by atoms with E-state index in [9.17, 15) is 0 Å². The summed E-state index contributed by atoms with van der Waals surface area (Å²) >= 11 is 0. The third-order valence-corrected chi connectivity index (χ3v) is 5.37. The Bertz CT molecular complexity index is 301. The van der Waals surface area contributed by atoms with E-state index in [1.165, 1.54) is 44.9 Å². The highest BCUT2D eigenvalue weighted by Gasteiger charge is 2.46. The molecule has 0 radical (unpaired) electrons. The van der Waals surface area contributed by atoms with Gasteiger partial charge >= 0.3 is 0 Å². The lowest BCUT2D eigenvalue weighted by Crippen LogP contribution is -2.51. The first-order valence-electron chi connectivity index (χ1n) is 7.91. The fourth-order valence-electron chi connectivity index (χ4n) is 3.84. The zero-order valence-electron chi connectivity index (χ0n) is 11.2. The summed E-state index contributed by atoms with van der Waals surface area (Å²) in [4.78, 5) is 2.73. The van der Waals surface area contributed by atoms with Gasteiger partial charge < -0.3 is 9.47 Å². The van der Waals surface area contributed by atoms with Crippen LogP contribution in [-0.4, -0.2) is 49.0 Å². The summed E-state index contributed by atoms with van der Waals surface area (Å²) in [6.45, 7) is 3.04. The molecule has 0 N–H and O–H groups in total. The monoisotopic (exact) mass is 251 g/mol. The quantitative estimate of drug-likeness (QED) is 0.764. The zero-order valence-corrected chi connectivity index (χ0v) is 11.2. The Labute approximate surface area is 110 Å². The number of nitrogens with zero attached hydrogens (tertiary/aromatic N) is 1. The van der Waals surface area contributed by atoms with Gasteiger partial charge in [0.05, 0.1) is 18.8 Å². The molecule has 0 spiro atoms. The smallest absolute Gasteiger partial charge is 0.0991 e. The van der Waals surface area contributed by atoms with Gasteiger partial charge in [0, 0.05) is 25.2 Å². The van der Waals surface area contributed by atoms with Gasteiger partial charge in [-0.1, -0.05) is 6.42 Å². The van der Waals surface area contributed by atoms with E-state index in [1.54, 1.807) is 0 Å². The second kappa shape index (κ2) is 4.77. The van der Waals surface area contributed by atoms with E-state index in [0.29, 0.717) is 18.2 Å². The van der Waals surface area contributed by atoms with Crippen molar-refractivity contribution in [1.29, 1.82) is 0 Å². The minimum Gasteiger partial charge on any atom is -0.374 e. The summed E-state index contributed by atoms with van der Waals surface area (Å²) < 4.78 is 12.3. The van der Waals surface area contributed by atoms with Crippen molar-refractivity contribution in [3.05, 3.63) is 0 Å². The van der Waals surface area contributed by atoms with E-state index in [-0.39, 0.29) is 0 Å². The molecule has 3 atom stereocenters. The lowest BCUT2D eigenvalue weighted by atomic mass is 9.90. The van der Waals surface area contributed by atoms with Crippen LogP contribution in [0, 0.1) is 5.92 Å². The molecule has 1 aliphatic heterocycles. The van der Waals surface area contributed by atoms with Crippen LogP contribution in [0.3, 0.4) is 0 Å². The van der Waals surface area contributed by atoms with Crippen molar-refractivity contribution in [3.63, 3.8) is 0 Å². The predicted molar refractivity (Wildman–Crippen MR) is 69.6 cm³/mol. The van der Waals surface area contributed by atoms with Crippen molar-refractivity contribution < 1.29 is 9.47 Å². The van der Waals surface area contributed by atoms with Crippen LogP contribution in [0.2, 0.25) is 0 Å². The second-order valence-corrected chi connectivity index (χ2v) is 6.62. The summed E-state index contributed by atoms with van der Waals surface area (Å²) in [6, 6.07) is 1.49. The first kappa shape index (κ1) is 11.7. The molecule has 1 saturated heterocycles. The average molecular weight is 251 g/mol. The third-order valence-electron chi connectivity index (χ3n) is 5.37. The molecule has 0 aromatic heterocycles. The maximum Gasteiger partial charge on any atom is 0.0991 e. The van der Waals surface area contributed by atoms with Gasteiger partial charge in [0.1, 0.15) is 0 Å². The van der Waals surface area contributed by atoms with E-state index in [1.807, 2.05) is 0 Å². The van der Waals surface area contributed by atoms with Crippen molar-refractivity contribution in [3.8, 4) is 0 Å². The summed E-state index contributed by atoms with van der Waals surface area (Å²) in [5, 5.41) is 0. The third kappa shape index (κ3) is 2.10. The number of hydrogen-bond acceptors (Lipinski definition) is 3. The van der Waals surface area contributed by atoms with Crippen LogP contribution in [0.5, 0.6) is 0 Å². The molecule has 0 unspecified atom stereocenters. The number of hydrogen-bond donors (Lipinski definition) is 0. The molecular weight excluding hydrogens is 226 g/mol. The Morgan fingerprint density at radius 2 is 1.94 bits per heavy atom. The van der Waals surface area contributed by atoms with Gasteiger partial charge in [-0.15, -0.1) is 0 Å². The van der Waals surface area contributed by atoms with Crippen molar-refractivity contribution in [2.24, 2.45) is 5.92 Å². The van der Waals surface area contributed by atoms with Gasteiger partial charge in [-0.25, -0.2) is 0 Å². The Morgan fingerprint density at radius 3 is 2.67 bits per heavy atom. The highest BCUT2D eigenvalue weighted by Crippen LogP contribution is 2.38. The van der Waals surface area contributed by atoms with Crippen LogP contribution in [0.4, 0.5) is 0 Å². The van der Waals surface area contributed by atoms with Crippen molar-refractivity contribution in [1.82, 2.24) is 4.90 Å². The molecule has 3 aliphatic carbocycles.